The Bertz CT molecular complexity index is 1410. The first-order valence-corrected chi connectivity index (χ1v) is 8.48. The van der Waals surface area contributed by atoms with Gasteiger partial charge in [0.2, 0.25) is 0 Å². The second kappa shape index (κ2) is 4.79. The third kappa shape index (κ3) is 1.57. The minimum absolute atomic E-state index is 0.578. The molecule has 1 aliphatic heterocycles. The van der Waals surface area contributed by atoms with Crippen molar-refractivity contribution in [1.29, 1.82) is 0 Å². The van der Waals surface area contributed by atoms with Gasteiger partial charge in [-0.2, -0.15) is 0 Å². The molecule has 0 saturated heterocycles. The second-order valence-electron chi connectivity index (χ2n) is 6.49. The minimum atomic E-state index is -2.34. The standard InChI is InChI=1S/C21H16N5/c1-24-17-12-22-11-9-16(17)19-21(24)25-13-14-6-5-10-23-18(14)20(25)26(19)15-7-3-2-4-8-15/h2-12H,13H2,1H3/q+1/i1D3. The molecule has 5 nitrogen and oxygen atoms in total. The summed E-state index contributed by atoms with van der Waals surface area (Å²) in [6.45, 7) is -1.76. The molecule has 6 rings (SSSR count). The molecule has 0 unspecified atom stereocenters. The topological polar surface area (TPSA) is 39.5 Å². The van der Waals surface area contributed by atoms with E-state index in [0.717, 1.165) is 33.7 Å². The van der Waals surface area contributed by atoms with E-state index in [9.17, 15) is 0 Å². The molecule has 124 valence electrons. The highest BCUT2D eigenvalue weighted by atomic mass is 15.3. The number of aryl methyl sites for hydroxylation is 1. The Morgan fingerprint density at radius 3 is 2.88 bits per heavy atom. The summed E-state index contributed by atoms with van der Waals surface area (Å²) in [6, 6.07) is 15.8. The number of nitrogens with zero attached hydrogens (tertiary/aromatic N) is 5. The molecule has 5 aromatic rings. The van der Waals surface area contributed by atoms with Crippen molar-refractivity contribution < 1.29 is 8.68 Å². The third-order valence-corrected chi connectivity index (χ3v) is 5.11. The summed E-state index contributed by atoms with van der Waals surface area (Å²) in [7, 11) is 0. The lowest BCUT2D eigenvalue weighted by molar-refractivity contribution is -0.648. The molecule has 0 atom stereocenters. The molecule has 0 saturated carbocycles. The van der Waals surface area contributed by atoms with Crippen LogP contribution in [0.5, 0.6) is 0 Å². The molecule has 1 aromatic carbocycles. The predicted octanol–water partition coefficient (Wildman–Crippen LogP) is 3.23. The van der Waals surface area contributed by atoms with Crippen molar-refractivity contribution in [1.82, 2.24) is 19.1 Å². The summed E-state index contributed by atoms with van der Waals surface area (Å²) in [6.07, 6.45) is 5.11. The van der Waals surface area contributed by atoms with Gasteiger partial charge in [0.15, 0.2) is 5.52 Å². The van der Waals surface area contributed by atoms with Gasteiger partial charge in [-0.1, -0.05) is 24.3 Å². The zero-order valence-electron chi connectivity index (χ0n) is 16.8. The van der Waals surface area contributed by atoms with E-state index < -0.39 is 6.98 Å². The average Bonchev–Trinajstić information content (AvgIpc) is 3.34. The second-order valence-corrected chi connectivity index (χ2v) is 6.49. The number of hydrogen-bond donors (Lipinski definition) is 0. The SMILES string of the molecule is [2H]C([2H])([2H])n1c2cnccc2c2c1[n+]1c(n2-c2ccccc2)-c2ncccc2C1. The zero-order valence-corrected chi connectivity index (χ0v) is 13.8. The van der Waals surface area contributed by atoms with Crippen LogP contribution in [0, 0.1) is 0 Å². The van der Waals surface area contributed by atoms with Gasteiger partial charge in [-0.05, 0) is 24.3 Å². The summed E-state index contributed by atoms with van der Waals surface area (Å²) in [4.78, 5) is 8.83. The molecule has 26 heavy (non-hydrogen) atoms. The molecular formula is C21H16N5+. The number of aromatic nitrogens is 5. The van der Waals surface area contributed by atoms with Gasteiger partial charge in [0.05, 0.1) is 29.2 Å². The molecule has 0 fully saturated rings. The van der Waals surface area contributed by atoms with Gasteiger partial charge in [-0.15, -0.1) is 0 Å². The van der Waals surface area contributed by atoms with Gasteiger partial charge in [0.25, 0.3) is 11.5 Å². The maximum atomic E-state index is 8.22. The van der Waals surface area contributed by atoms with Gasteiger partial charge < -0.3 is 0 Å². The third-order valence-electron chi connectivity index (χ3n) is 5.11. The Balaban J connectivity index is 1.89. The van der Waals surface area contributed by atoms with E-state index in [-0.39, 0.29) is 0 Å². The Morgan fingerprint density at radius 2 is 2.00 bits per heavy atom. The molecule has 0 amide bonds. The molecule has 0 N–H and O–H groups in total. The molecule has 5 heteroatoms. The molecule has 5 heterocycles. The van der Waals surface area contributed by atoms with Gasteiger partial charge in [0, 0.05) is 18.0 Å². The molecule has 1 aliphatic rings. The fourth-order valence-corrected chi connectivity index (χ4v) is 4.05. The van der Waals surface area contributed by atoms with Crippen molar-refractivity contribution in [2.45, 2.75) is 6.54 Å². The van der Waals surface area contributed by atoms with Crippen LogP contribution in [0.3, 0.4) is 0 Å². The molecule has 0 aliphatic carbocycles. The van der Waals surface area contributed by atoms with Crippen molar-refractivity contribution >= 4 is 22.1 Å². The highest BCUT2D eigenvalue weighted by Gasteiger charge is 2.37. The predicted molar refractivity (Wildman–Crippen MR) is 100 cm³/mol. The Hall–Kier alpha value is -3.47. The van der Waals surface area contributed by atoms with Crippen LogP contribution in [0.4, 0.5) is 0 Å². The highest BCUT2D eigenvalue weighted by molar-refractivity contribution is 6.05. The van der Waals surface area contributed by atoms with E-state index in [1.807, 2.05) is 48.5 Å². The number of para-hydroxylation sites is 1. The van der Waals surface area contributed by atoms with E-state index in [1.54, 1.807) is 18.6 Å². The van der Waals surface area contributed by atoms with E-state index in [2.05, 4.69) is 19.1 Å². The number of hydrogen-bond acceptors (Lipinski definition) is 2. The van der Waals surface area contributed by atoms with Crippen molar-refractivity contribution in [2.75, 3.05) is 0 Å². The van der Waals surface area contributed by atoms with Crippen LogP contribution in [-0.4, -0.2) is 19.1 Å². The van der Waals surface area contributed by atoms with Gasteiger partial charge in [-0.3, -0.25) is 9.55 Å². The smallest absolute Gasteiger partial charge is 0.261 e. The van der Waals surface area contributed by atoms with Crippen molar-refractivity contribution in [3.8, 4) is 17.2 Å². The van der Waals surface area contributed by atoms with E-state index in [4.69, 9.17) is 4.11 Å². The lowest BCUT2D eigenvalue weighted by Gasteiger charge is -2.03. The Morgan fingerprint density at radius 1 is 1.08 bits per heavy atom. The van der Waals surface area contributed by atoms with Crippen molar-refractivity contribution in [3.05, 3.63) is 72.7 Å². The molecule has 0 spiro atoms. The van der Waals surface area contributed by atoms with Gasteiger partial charge in [-0.25, -0.2) is 14.1 Å². The fraction of sp³-hybridized carbons (Fsp3) is 0.0952. The number of benzene rings is 1. The number of imidazole rings is 1. The van der Waals surface area contributed by atoms with Crippen LogP contribution in [-0.2, 0) is 13.5 Å². The van der Waals surface area contributed by atoms with Crippen LogP contribution in [0.1, 0.15) is 9.68 Å². The number of fused-ring (bicyclic) bond motifs is 7. The van der Waals surface area contributed by atoms with Crippen LogP contribution in [0.2, 0.25) is 0 Å². The molecule has 0 radical (unpaired) electrons. The average molecular weight is 341 g/mol. The Labute approximate surface area is 154 Å². The first kappa shape index (κ1) is 11.2. The summed E-state index contributed by atoms with van der Waals surface area (Å²) < 4.78 is 30.3. The van der Waals surface area contributed by atoms with Gasteiger partial charge >= 0.3 is 0 Å². The number of rotatable bonds is 1. The van der Waals surface area contributed by atoms with Crippen molar-refractivity contribution in [2.24, 2.45) is 6.98 Å². The zero-order chi connectivity index (χ0) is 19.8. The quantitative estimate of drug-likeness (QED) is 0.431. The van der Waals surface area contributed by atoms with Crippen LogP contribution in [0.15, 0.2) is 67.1 Å². The lowest BCUT2D eigenvalue weighted by Crippen LogP contribution is -2.33. The first-order valence-electron chi connectivity index (χ1n) is 9.98. The summed E-state index contributed by atoms with van der Waals surface area (Å²) in [5.41, 5.74) is 5.04. The highest BCUT2D eigenvalue weighted by Crippen LogP contribution is 2.36. The Kier molecular flexibility index (Phi) is 2.06. The lowest BCUT2D eigenvalue weighted by atomic mass is 10.2. The summed E-state index contributed by atoms with van der Waals surface area (Å²) >= 11 is 0. The van der Waals surface area contributed by atoms with Crippen molar-refractivity contribution in [3.63, 3.8) is 0 Å². The monoisotopic (exact) mass is 341 g/mol. The summed E-state index contributed by atoms with van der Waals surface area (Å²) in [5.74, 6) is 0.897. The maximum Gasteiger partial charge on any atom is 0.270 e. The van der Waals surface area contributed by atoms with Crippen LogP contribution < -0.4 is 4.57 Å². The molecule has 4 aromatic heterocycles. The largest absolute Gasteiger partial charge is 0.270 e. The molecule has 0 bridgehead atoms. The van der Waals surface area contributed by atoms with Crippen LogP contribution >= 0.6 is 0 Å². The van der Waals surface area contributed by atoms with Gasteiger partial charge in [0.1, 0.15) is 16.9 Å². The first-order chi connectivity index (χ1) is 14.1. The fourth-order valence-electron chi connectivity index (χ4n) is 4.05. The molecular weight excluding hydrogens is 322 g/mol. The van der Waals surface area contributed by atoms with Crippen LogP contribution in [0.25, 0.3) is 39.3 Å². The number of pyridine rings is 2. The minimum Gasteiger partial charge on any atom is -0.261 e. The normalized spacial score (nSPS) is 14.8. The maximum absolute atomic E-state index is 8.22. The van der Waals surface area contributed by atoms with E-state index in [1.165, 1.54) is 4.57 Å². The van der Waals surface area contributed by atoms with E-state index >= 15 is 0 Å². The summed E-state index contributed by atoms with van der Waals surface area (Å²) in [5, 5.41) is 0.856. The van der Waals surface area contributed by atoms with E-state index in [0.29, 0.717) is 17.7 Å².